The molecule has 4 aliphatic carbocycles. The SMILES string of the molecule is COC1CC(C2CCCc3nc(SCC4C(F)CCCC4Cl)n(C4CCC(F)C(C)C4)c32)CCC1Cl. The first-order valence-corrected chi connectivity index (χ1v) is 16.1. The molecule has 1 aromatic heterocycles. The Bertz CT molecular complexity index is 878. The van der Waals surface area contributed by atoms with Crippen LogP contribution in [-0.4, -0.2) is 51.6 Å². The first kappa shape index (κ1) is 27.5. The number of halogens is 4. The number of alkyl halides is 4. The molecule has 0 bridgehead atoms. The number of nitrogens with zero attached hydrogens (tertiary/aromatic N) is 2. The second-order valence-electron chi connectivity index (χ2n) is 11.9. The summed E-state index contributed by atoms with van der Waals surface area (Å²) < 4.78 is 37.5. The fraction of sp³-hybridized carbons (Fsp3) is 0.893. The number of imidazole rings is 1. The summed E-state index contributed by atoms with van der Waals surface area (Å²) >= 11 is 14.9. The molecule has 5 rings (SSSR count). The maximum Gasteiger partial charge on any atom is 0.168 e. The average molecular weight is 564 g/mol. The van der Waals surface area contributed by atoms with E-state index in [-0.39, 0.29) is 34.7 Å². The number of thioether (sulfide) groups is 1. The molecule has 0 N–H and O–H groups in total. The van der Waals surface area contributed by atoms with Gasteiger partial charge in [0, 0.05) is 41.8 Å². The van der Waals surface area contributed by atoms with E-state index >= 15 is 0 Å². The smallest absolute Gasteiger partial charge is 0.168 e. The molecule has 0 saturated heterocycles. The number of rotatable bonds is 6. The van der Waals surface area contributed by atoms with Crippen LogP contribution in [0.4, 0.5) is 8.78 Å². The molecule has 10 unspecified atom stereocenters. The number of aromatic nitrogens is 2. The van der Waals surface area contributed by atoms with Crippen LogP contribution in [0.2, 0.25) is 0 Å². The van der Waals surface area contributed by atoms with Gasteiger partial charge in [-0.05, 0) is 88.9 Å². The van der Waals surface area contributed by atoms with E-state index in [1.165, 1.54) is 11.4 Å². The molecular formula is C28H42Cl2F2N2OS. The third-order valence-electron chi connectivity index (χ3n) is 9.59. The van der Waals surface area contributed by atoms with Crippen molar-refractivity contribution >= 4 is 35.0 Å². The fourth-order valence-electron chi connectivity index (χ4n) is 7.43. The molecule has 8 heteroatoms. The van der Waals surface area contributed by atoms with Crippen LogP contribution in [0.3, 0.4) is 0 Å². The van der Waals surface area contributed by atoms with Crippen molar-refractivity contribution in [2.24, 2.45) is 17.8 Å². The fourth-order valence-corrected chi connectivity index (χ4v) is 9.61. The van der Waals surface area contributed by atoms with Crippen LogP contribution in [0, 0.1) is 17.8 Å². The summed E-state index contributed by atoms with van der Waals surface area (Å²) in [4.78, 5) is 5.21. The lowest BCUT2D eigenvalue weighted by Crippen LogP contribution is -2.36. The predicted octanol–water partition coefficient (Wildman–Crippen LogP) is 8.26. The number of aryl methyl sites for hydroxylation is 1. The van der Waals surface area contributed by atoms with Crippen molar-refractivity contribution < 1.29 is 13.5 Å². The highest BCUT2D eigenvalue weighted by molar-refractivity contribution is 7.99. The predicted molar refractivity (Wildman–Crippen MR) is 145 cm³/mol. The molecule has 0 aromatic carbocycles. The van der Waals surface area contributed by atoms with Crippen molar-refractivity contribution in [2.75, 3.05) is 12.9 Å². The van der Waals surface area contributed by atoms with E-state index in [1.54, 1.807) is 18.9 Å². The van der Waals surface area contributed by atoms with E-state index in [4.69, 9.17) is 32.9 Å². The summed E-state index contributed by atoms with van der Waals surface area (Å²) in [6.07, 6.45) is 9.57. The van der Waals surface area contributed by atoms with Crippen molar-refractivity contribution in [1.29, 1.82) is 0 Å². The summed E-state index contributed by atoms with van der Waals surface area (Å²) in [6.45, 7) is 2.04. The summed E-state index contributed by atoms with van der Waals surface area (Å²) in [6, 6.07) is 0.258. The molecule has 204 valence electrons. The van der Waals surface area contributed by atoms with Crippen molar-refractivity contribution in [3.05, 3.63) is 11.4 Å². The summed E-state index contributed by atoms with van der Waals surface area (Å²) in [5.41, 5.74) is 2.60. The largest absolute Gasteiger partial charge is 0.380 e. The minimum atomic E-state index is -0.835. The number of hydrogen-bond acceptors (Lipinski definition) is 3. The molecule has 3 fully saturated rings. The van der Waals surface area contributed by atoms with Crippen LogP contribution in [0.5, 0.6) is 0 Å². The summed E-state index contributed by atoms with van der Waals surface area (Å²) in [5.74, 6) is 1.53. The Morgan fingerprint density at radius 2 is 1.81 bits per heavy atom. The Hall–Kier alpha value is -0.0400. The molecule has 0 aliphatic heterocycles. The molecule has 1 heterocycles. The monoisotopic (exact) mass is 562 g/mol. The van der Waals surface area contributed by atoms with Gasteiger partial charge in [0.05, 0.1) is 17.2 Å². The number of methoxy groups -OCH3 is 1. The lowest BCUT2D eigenvalue weighted by molar-refractivity contribution is 0.0455. The molecule has 3 saturated carbocycles. The molecule has 0 radical (unpaired) electrons. The second-order valence-corrected chi connectivity index (χ2v) is 14.0. The van der Waals surface area contributed by atoms with Crippen LogP contribution in [0.25, 0.3) is 0 Å². The average Bonchev–Trinajstić information content (AvgIpc) is 3.24. The van der Waals surface area contributed by atoms with Crippen LogP contribution in [0.1, 0.15) is 101 Å². The summed E-state index contributed by atoms with van der Waals surface area (Å²) in [5, 5.41) is 0.988. The van der Waals surface area contributed by atoms with Gasteiger partial charge in [-0.1, -0.05) is 18.7 Å². The van der Waals surface area contributed by atoms with Crippen LogP contribution in [-0.2, 0) is 11.2 Å². The van der Waals surface area contributed by atoms with E-state index in [2.05, 4.69) is 4.57 Å². The van der Waals surface area contributed by atoms with Crippen molar-refractivity contribution in [1.82, 2.24) is 9.55 Å². The highest BCUT2D eigenvalue weighted by Crippen LogP contribution is 2.48. The Labute approximate surface area is 229 Å². The van der Waals surface area contributed by atoms with Gasteiger partial charge in [0.15, 0.2) is 5.16 Å². The number of hydrogen-bond donors (Lipinski definition) is 0. The highest BCUT2D eigenvalue weighted by Gasteiger charge is 2.41. The van der Waals surface area contributed by atoms with Gasteiger partial charge in [0.25, 0.3) is 0 Å². The lowest BCUT2D eigenvalue weighted by atomic mass is 9.72. The number of fused-ring (bicyclic) bond motifs is 1. The molecule has 3 nitrogen and oxygen atoms in total. The zero-order valence-corrected chi connectivity index (χ0v) is 24.0. The maximum atomic E-state index is 14.8. The van der Waals surface area contributed by atoms with Gasteiger partial charge >= 0.3 is 0 Å². The van der Waals surface area contributed by atoms with Crippen molar-refractivity contribution in [3.63, 3.8) is 0 Å². The first-order valence-electron chi connectivity index (χ1n) is 14.2. The molecule has 10 atom stereocenters. The topological polar surface area (TPSA) is 27.1 Å². The van der Waals surface area contributed by atoms with Gasteiger partial charge in [0.2, 0.25) is 0 Å². The Balaban J connectivity index is 1.46. The lowest BCUT2D eigenvalue weighted by Gasteiger charge is -2.40. The molecule has 1 aromatic rings. The van der Waals surface area contributed by atoms with E-state index in [1.807, 2.05) is 6.92 Å². The van der Waals surface area contributed by atoms with Crippen LogP contribution in [0.15, 0.2) is 5.16 Å². The minimum absolute atomic E-state index is 0.0482. The van der Waals surface area contributed by atoms with Gasteiger partial charge in [-0.15, -0.1) is 23.2 Å². The summed E-state index contributed by atoms with van der Waals surface area (Å²) in [7, 11) is 1.78. The third kappa shape index (κ3) is 5.63. The molecule has 36 heavy (non-hydrogen) atoms. The number of ether oxygens (including phenoxy) is 1. The van der Waals surface area contributed by atoms with Crippen LogP contribution >= 0.6 is 35.0 Å². The highest BCUT2D eigenvalue weighted by atomic mass is 35.5. The van der Waals surface area contributed by atoms with Gasteiger partial charge in [-0.3, -0.25) is 0 Å². The van der Waals surface area contributed by atoms with Crippen molar-refractivity contribution in [2.45, 2.75) is 130 Å². The quantitative estimate of drug-likeness (QED) is 0.258. The maximum absolute atomic E-state index is 14.8. The standard InChI is InChI=1S/C28H42Cl2F2N2OS/c1-16-13-18(10-12-23(16)31)34-27-19(17-9-11-22(30)26(14-17)35-2)5-3-8-25(27)33-28(34)36-15-20-21(29)6-4-7-24(20)32/h16-24,26H,3-15H2,1-2H3. The minimum Gasteiger partial charge on any atom is -0.380 e. The van der Waals surface area contributed by atoms with E-state index in [9.17, 15) is 8.78 Å². The van der Waals surface area contributed by atoms with E-state index in [0.717, 1.165) is 69.4 Å². The van der Waals surface area contributed by atoms with Gasteiger partial charge in [0.1, 0.15) is 12.3 Å². The molecular weight excluding hydrogens is 521 g/mol. The zero-order chi connectivity index (χ0) is 25.4. The molecule has 0 spiro atoms. The van der Waals surface area contributed by atoms with Gasteiger partial charge < -0.3 is 9.30 Å². The molecule has 4 aliphatic rings. The first-order chi connectivity index (χ1) is 17.4. The van der Waals surface area contributed by atoms with Gasteiger partial charge in [-0.25, -0.2) is 13.8 Å². The Morgan fingerprint density at radius 1 is 0.972 bits per heavy atom. The van der Waals surface area contributed by atoms with Crippen LogP contribution < -0.4 is 0 Å². The zero-order valence-electron chi connectivity index (χ0n) is 21.7. The van der Waals surface area contributed by atoms with Crippen molar-refractivity contribution in [3.8, 4) is 0 Å². The van der Waals surface area contributed by atoms with E-state index in [0.29, 0.717) is 30.4 Å². The molecule has 0 amide bonds. The van der Waals surface area contributed by atoms with Gasteiger partial charge in [-0.2, -0.15) is 0 Å². The third-order valence-corrected chi connectivity index (χ3v) is 11.7. The van der Waals surface area contributed by atoms with E-state index < -0.39 is 12.3 Å². The Kier molecular flexibility index (Phi) is 9.18. The Morgan fingerprint density at radius 3 is 2.56 bits per heavy atom. The second kappa shape index (κ2) is 12.0. The normalized spacial score (nSPS) is 41.7.